The van der Waals surface area contributed by atoms with Crippen LogP contribution in [-0.4, -0.2) is 17.5 Å². The summed E-state index contributed by atoms with van der Waals surface area (Å²) in [5, 5.41) is 6.09. The van der Waals surface area contributed by atoms with Gasteiger partial charge in [0.05, 0.1) is 12.2 Å². The highest BCUT2D eigenvalue weighted by molar-refractivity contribution is 7.15. The number of hydrogen-bond acceptors (Lipinski definition) is 5. The van der Waals surface area contributed by atoms with Crippen molar-refractivity contribution in [2.24, 2.45) is 0 Å². The molecule has 5 nitrogen and oxygen atoms in total. The molecule has 0 aliphatic carbocycles. The highest BCUT2D eigenvalue weighted by atomic mass is 35.5. The first-order valence-corrected chi connectivity index (χ1v) is 7.22. The van der Waals surface area contributed by atoms with Crippen molar-refractivity contribution in [2.75, 3.05) is 17.2 Å². The van der Waals surface area contributed by atoms with E-state index in [2.05, 4.69) is 15.6 Å². The van der Waals surface area contributed by atoms with Crippen LogP contribution in [0.5, 0.6) is 5.75 Å². The third-order valence-electron chi connectivity index (χ3n) is 2.89. The molecule has 1 aromatic carbocycles. The maximum absolute atomic E-state index is 11.4. The molecule has 0 radical (unpaired) electrons. The molecule has 0 fully saturated rings. The number of aryl methyl sites for hydroxylation is 1. The molecule has 0 atom stereocenters. The quantitative estimate of drug-likeness (QED) is 0.914. The van der Waals surface area contributed by atoms with E-state index in [0.29, 0.717) is 16.7 Å². The number of nitrogens with one attached hydrogen (secondary N) is 2. The van der Waals surface area contributed by atoms with Gasteiger partial charge in [-0.05, 0) is 24.6 Å². The average Bonchev–Trinajstić information content (AvgIpc) is 2.82. The smallest absolute Gasteiger partial charge is 0.262 e. The minimum atomic E-state index is -0.136. The Morgan fingerprint density at radius 3 is 3.15 bits per heavy atom. The summed E-state index contributed by atoms with van der Waals surface area (Å²) in [6.45, 7) is 2.66. The number of carbonyl (C=O) groups is 1. The van der Waals surface area contributed by atoms with Gasteiger partial charge in [-0.3, -0.25) is 4.79 Å². The maximum atomic E-state index is 11.4. The Morgan fingerprint density at radius 1 is 1.55 bits per heavy atom. The number of aromatic nitrogens is 1. The van der Waals surface area contributed by atoms with E-state index in [4.69, 9.17) is 16.3 Å². The number of rotatable bonds is 3. The largest absolute Gasteiger partial charge is 0.481 e. The summed E-state index contributed by atoms with van der Waals surface area (Å²) in [6, 6.07) is 3.85. The van der Waals surface area contributed by atoms with Crippen LogP contribution in [0, 0.1) is 6.92 Å². The second-order valence-electron chi connectivity index (χ2n) is 4.44. The first kappa shape index (κ1) is 13.2. The third kappa shape index (κ3) is 2.71. The summed E-state index contributed by atoms with van der Waals surface area (Å²) in [7, 11) is 0. The van der Waals surface area contributed by atoms with Crippen molar-refractivity contribution in [3.8, 4) is 5.75 Å². The van der Waals surface area contributed by atoms with Crippen molar-refractivity contribution in [1.82, 2.24) is 4.98 Å². The summed E-state index contributed by atoms with van der Waals surface area (Å²) in [4.78, 5) is 16.4. The lowest BCUT2D eigenvalue weighted by atomic mass is 10.1. The van der Waals surface area contributed by atoms with E-state index in [0.717, 1.165) is 21.9 Å². The summed E-state index contributed by atoms with van der Waals surface area (Å²) in [6.07, 6.45) is 1.75. The van der Waals surface area contributed by atoms with Crippen molar-refractivity contribution in [3.05, 3.63) is 33.2 Å². The molecule has 0 spiro atoms. The van der Waals surface area contributed by atoms with Crippen LogP contribution in [0.25, 0.3) is 0 Å². The van der Waals surface area contributed by atoms with E-state index in [9.17, 15) is 4.79 Å². The van der Waals surface area contributed by atoms with Gasteiger partial charge in [0.25, 0.3) is 5.91 Å². The molecule has 1 aliphatic heterocycles. The number of anilines is 2. The van der Waals surface area contributed by atoms with Crippen LogP contribution in [0.1, 0.15) is 10.4 Å². The Balaban J connectivity index is 1.78. The Morgan fingerprint density at radius 2 is 2.40 bits per heavy atom. The van der Waals surface area contributed by atoms with Gasteiger partial charge in [0.15, 0.2) is 11.1 Å². The normalized spacial score (nSPS) is 13.4. The number of halogens is 1. The fourth-order valence-corrected chi connectivity index (χ4v) is 2.96. The molecule has 1 amide bonds. The van der Waals surface area contributed by atoms with E-state index in [1.165, 1.54) is 11.3 Å². The molecular formula is C13H12ClN3O2S. The van der Waals surface area contributed by atoms with Crippen molar-refractivity contribution >= 4 is 40.2 Å². The monoisotopic (exact) mass is 309 g/mol. The lowest BCUT2D eigenvalue weighted by molar-refractivity contribution is -0.118. The van der Waals surface area contributed by atoms with Gasteiger partial charge >= 0.3 is 0 Å². The predicted molar refractivity (Wildman–Crippen MR) is 79.8 cm³/mol. The van der Waals surface area contributed by atoms with Crippen LogP contribution in [0.2, 0.25) is 4.47 Å². The molecule has 1 aromatic heterocycles. The fourth-order valence-electron chi connectivity index (χ4n) is 2.04. The zero-order chi connectivity index (χ0) is 14.1. The number of benzene rings is 1. The van der Waals surface area contributed by atoms with Gasteiger partial charge < -0.3 is 15.4 Å². The van der Waals surface area contributed by atoms with Gasteiger partial charge in [0.2, 0.25) is 0 Å². The minimum absolute atomic E-state index is 0.0694. The summed E-state index contributed by atoms with van der Waals surface area (Å²) >= 11 is 7.23. The summed E-state index contributed by atoms with van der Waals surface area (Å²) in [5.41, 5.74) is 2.59. The summed E-state index contributed by atoms with van der Waals surface area (Å²) < 4.78 is 5.95. The van der Waals surface area contributed by atoms with Crippen LogP contribution in [0.15, 0.2) is 18.3 Å². The number of hydrogen-bond donors (Lipinski definition) is 2. The molecule has 1 aliphatic rings. The van der Waals surface area contributed by atoms with Crippen molar-refractivity contribution in [2.45, 2.75) is 13.5 Å². The Hall–Kier alpha value is -1.79. The molecule has 0 saturated carbocycles. The average molecular weight is 310 g/mol. The predicted octanol–water partition coefficient (Wildman–Crippen LogP) is 3.05. The Kier molecular flexibility index (Phi) is 3.50. The number of carbonyl (C=O) groups excluding carboxylic acids is 1. The topological polar surface area (TPSA) is 63.3 Å². The van der Waals surface area contributed by atoms with Crippen LogP contribution in [0.4, 0.5) is 11.4 Å². The zero-order valence-corrected chi connectivity index (χ0v) is 12.3. The van der Waals surface area contributed by atoms with E-state index in [1.807, 2.05) is 19.1 Å². The van der Waals surface area contributed by atoms with Crippen LogP contribution in [0.3, 0.4) is 0 Å². The van der Waals surface area contributed by atoms with Gasteiger partial charge in [-0.15, -0.1) is 11.3 Å². The highest BCUT2D eigenvalue weighted by Gasteiger charge is 2.18. The van der Waals surface area contributed by atoms with Gasteiger partial charge in [-0.1, -0.05) is 11.6 Å². The molecule has 2 aromatic rings. The number of amides is 1. The molecule has 2 heterocycles. The second kappa shape index (κ2) is 5.30. The molecule has 7 heteroatoms. The van der Waals surface area contributed by atoms with Gasteiger partial charge in [0, 0.05) is 16.8 Å². The van der Waals surface area contributed by atoms with Crippen molar-refractivity contribution in [3.63, 3.8) is 0 Å². The number of thiazole rings is 1. The fraction of sp³-hybridized carbons (Fsp3) is 0.231. The van der Waals surface area contributed by atoms with E-state index in [1.54, 1.807) is 6.20 Å². The molecular weight excluding hydrogens is 298 g/mol. The maximum Gasteiger partial charge on any atom is 0.262 e. The van der Waals surface area contributed by atoms with E-state index in [-0.39, 0.29) is 12.5 Å². The van der Waals surface area contributed by atoms with Gasteiger partial charge in [0.1, 0.15) is 5.75 Å². The molecule has 0 unspecified atom stereocenters. The van der Waals surface area contributed by atoms with Crippen molar-refractivity contribution < 1.29 is 9.53 Å². The SMILES string of the molecule is Cc1cc(NCc2cnc(Cl)s2)cc2c1OCC(=O)N2. The minimum Gasteiger partial charge on any atom is -0.481 e. The van der Waals surface area contributed by atoms with Crippen LogP contribution < -0.4 is 15.4 Å². The highest BCUT2D eigenvalue weighted by Crippen LogP contribution is 2.34. The molecule has 20 heavy (non-hydrogen) atoms. The standard InChI is InChI=1S/C13H12ClN3O2S/c1-7-2-8(15-4-9-5-16-13(14)20-9)3-10-12(7)19-6-11(18)17-10/h2-3,5,15H,4,6H2,1H3,(H,17,18). The summed E-state index contributed by atoms with van der Waals surface area (Å²) in [5.74, 6) is 0.597. The lowest BCUT2D eigenvalue weighted by Crippen LogP contribution is -2.25. The number of nitrogens with zero attached hydrogens (tertiary/aromatic N) is 1. The molecule has 0 saturated heterocycles. The first-order chi connectivity index (χ1) is 9.61. The molecule has 3 rings (SSSR count). The van der Waals surface area contributed by atoms with E-state index < -0.39 is 0 Å². The van der Waals surface area contributed by atoms with Gasteiger partial charge in [-0.2, -0.15) is 0 Å². The lowest BCUT2D eigenvalue weighted by Gasteiger charge is -2.21. The van der Waals surface area contributed by atoms with Gasteiger partial charge in [-0.25, -0.2) is 4.98 Å². The van der Waals surface area contributed by atoms with Crippen molar-refractivity contribution in [1.29, 1.82) is 0 Å². The Bertz CT molecular complexity index is 672. The van der Waals surface area contributed by atoms with Crippen LogP contribution >= 0.6 is 22.9 Å². The number of fused-ring (bicyclic) bond motifs is 1. The Labute approximate surface area is 124 Å². The first-order valence-electron chi connectivity index (χ1n) is 6.03. The molecule has 104 valence electrons. The number of ether oxygens (including phenoxy) is 1. The zero-order valence-electron chi connectivity index (χ0n) is 10.7. The second-order valence-corrected chi connectivity index (χ2v) is 6.14. The third-order valence-corrected chi connectivity index (χ3v) is 4.00. The molecule has 2 N–H and O–H groups in total. The van der Waals surface area contributed by atoms with Crippen LogP contribution in [-0.2, 0) is 11.3 Å². The van der Waals surface area contributed by atoms with E-state index >= 15 is 0 Å². The molecule has 0 bridgehead atoms.